The Labute approximate surface area is 80.6 Å². The van der Waals surface area contributed by atoms with Crippen LogP contribution in [0.4, 0.5) is 11.4 Å². The number of carboxylic acids is 1. The maximum absolute atomic E-state index is 10.5. The first kappa shape index (κ1) is 8.50. The molecule has 1 N–H and O–H groups in total. The van der Waals surface area contributed by atoms with Gasteiger partial charge in [0, 0.05) is 18.0 Å². The Balaban J connectivity index is 2.41. The highest BCUT2D eigenvalue weighted by Crippen LogP contribution is 2.25. The van der Waals surface area contributed by atoms with Crippen molar-refractivity contribution in [2.45, 2.75) is 0 Å². The molecule has 0 aliphatic carbocycles. The Morgan fingerprint density at radius 1 is 1.36 bits per heavy atom. The van der Waals surface area contributed by atoms with Gasteiger partial charge in [0.25, 0.3) is 0 Å². The van der Waals surface area contributed by atoms with Crippen molar-refractivity contribution in [2.24, 2.45) is 4.99 Å². The summed E-state index contributed by atoms with van der Waals surface area (Å²) in [5, 5.41) is 13.4. The lowest BCUT2D eigenvalue weighted by Crippen LogP contribution is -2.25. The van der Waals surface area contributed by atoms with Crippen LogP contribution in [0.1, 0.15) is 0 Å². The average Bonchev–Trinajstić information content (AvgIpc) is 2.39. The van der Waals surface area contributed by atoms with E-state index in [1.165, 1.54) is 12.4 Å². The lowest BCUT2D eigenvalue weighted by Gasteiger charge is -2.02. The molecule has 1 aliphatic rings. The number of hydrogen-bond acceptors (Lipinski definition) is 4. The minimum Gasteiger partial charge on any atom is -0.545 e. The molecule has 4 heteroatoms. The molecule has 1 aromatic rings. The van der Waals surface area contributed by atoms with E-state index in [9.17, 15) is 9.90 Å². The van der Waals surface area contributed by atoms with Crippen molar-refractivity contribution in [3.63, 3.8) is 0 Å². The summed E-state index contributed by atoms with van der Waals surface area (Å²) >= 11 is 0. The van der Waals surface area contributed by atoms with Gasteiger partial charge in [-0.15, -0.1) is 0 Å². The Hall–Kier alpha value is -2.10. The lowest BCUT2D eigenvalue weighted by atomic mass is 10.3. The molecule has 0 fully saturated rings. The molecule has 1 aromatic carbocycles. The van der Waals surface area contributed by atoms with Gasteiger partial charge in [-0.2, -0.15) is 0 Å². The quantitative estimate of drug-likeness (QED) is 0.694. The summed E-state index contributed by atoms with van der Waals surface area (Å²) in [6, 6.07) is 7.30. The second kappa shape index (κ2) is 3.33. The molecule has 0 unspecified atom stereocenters. The lowest BCUT2D eigenvalue weighted by molar-refractivity contribution is -0.298. The summed E-state index contributed by atoms with van der Waals surface area (Å²) < 4.78 is 0. The van der Waals surface area contributed by atoms with E-state index in [0.29, 0.717) is 5.69 Å². The Morgan fingerprint density at radius 3 is 2.93 bits per heavy atom. The summed E-state index contributed by atoms with van der Waals surface area (Å²) in [5.41, 5.74) is 1.52. The number of rotatable bonds is 1. The SMILES string of the molecule is O=C([O-])C1=CNc2ccccc2N=C1. The summed E-state index contributed by atoms with van der Waals surface area (Å²) in [6.07, 6.45) is 2.64. The van der Waals surface area contributed by atoms with Crippen LogP contribution in [0.15, 0.2) is 41.0 Å². The molecule has 0 bridgehead atoms. The molecule has 1 aliphatic heterocycles. The summed E-state index contributed by atoms with van der Waals surface area (Å²) in [6.45, 7) is 0. The van der Waals surface area contributed by atoms with E-state index in [1.54, 1.807) is 6.07 Å². The van der Waals surface area contributed by atoms with E-state index in [1.807, 2.05) is 18.2 Å². The topological polar surface area (TPSA) is 64.5 Å². The normalized spacial score (nSPS) is 13.6. The van der Waals surface area contributed by atoms with Gasteiger partial charge in [-0.25, -0.2) is 0 Å². The minimum atomic E-state index is -1.24. The molecule has 4 nitrogen and oxygen atoms in total. The number of fused-ring (bicyclic) bond motifs is 1. The fourth-order valence-corrected chi connectivity index (χ4v) is 1.15. The smallest absolute Gasteiger partial charge is 0.0864 e. The Bertz CT molecular complexity index is 436. The molecule has 1 heterocycles. The van der Waals surface area contributed by atoms with Gasteiger partial charge >= 0.3 is 0 Å². The molecule has 0 spiro atoms. The van der Waals surface area contributed by atoms with Gasteiger partial charge < -0.3 is 15.2 Å². The third kappa shape index (κ3) is 1.50. The standard InChI is InChI=1S/C10H8N2O2/c13-10(14)7-5-11-8-3-1-2-4-9(8)12-6-7/h1-6,11H,(H,13,14)/p-1. The number of carboxylic acid groups (broad SMARTS) is 1. The van der Waals surface area contributed by atoms with Gasteiger partial charge in [-0.05, 0) is 12.1 Å². The first-order chi connectivity index (χ1) is 6.77. The number of aliphatic carboxylic acids is 1. The van der Waals surface area contributed by atoms with E-state index in [2.05, 4.69) is 10.3 Å². The third-order valence-electron chi connectivity index (χ3n) is 1.87. The Kier molecular flexibility index (Phi) is 2.02. The summed E-state index contributed by atoms with van der Waals surface area (Å²) in [5.74, 6) is -1.24. The van der Waals surface area contributed by atoms with E-state index in [4.69, 9.17) is 0 Å². The van der Waals surface area contributed by atoms with Crippen molar-refractivity contribution in [2.75, 3.05) is 5.32 Å². The van der Waals surface area contributed by atoms with Crippen LogP contribution < -0.4 is 10.4 Å². The fraction of sp³-hybridized carbons (Fsp3) is 0. The third-order valence-corrected chi connectivity index (χ3v) is 1.87. The van der Waals surface area contributed by atoms with Crippen LogP contribution in [0.3, 0.4) is 0 Å². The van der Waals surface area contributed by atoms with Gasteiger partial charge in [-0.1, -0.05) is 12.1 Å². The molecule has 0 amide bonds. The molecule has 70 valence electrons. The molecule has 0 saturated heterocycles. The van der Waals surface area contributed by atoms with Gasteiger partial charge in [0.1, 0.15) is 0 Å². The van der Waals surface area contributed by atoms with Gasteiger partial charge in [-0.3, -0.25) is 4.99 Å². The van der Waals surface area contributed by atoms with Crippen LogP contribution in [0.25, 0.3) is 0 Å². The molecule has 0 aromatic heterocycles. The van der Waals surface area contributed by atoms with Crippen molar-refractivity contribution >= 4 is 23.6 Å². The molecular weight excluding hydrogens is 180 g/mol. The maximum Gasteiger partial charge on any atom is 0.0864 e. The van der Waals surface area contributed by atoms with Crippen LogP contribution >= 0.6 is 0 Å². The average molecular weight is 187 g/mol. The minimum absolute atomic E-state index is 0.0289. The van der Waals surface area contributed by atoms with Gasteiger partial charge in [0.2, 0.25) is 0 Å². The van der Waals surface area contributed by atoms with E-state index < -0.39 is 5.97 Å². The number of nitrogens with one attached hydrogen (secondary N) is 1. The number of hydrogen-bond donors (Lipinski definition) is 1. The van der Waals surface area contributed by atoms with Crippen LogP contribution in [0.5, 0.6) is 0 Å². The van der Waals surface area contributed by atoms with E-state index in [-0.39, 0.29) is 5.57 Å². The van der Waals surface area contributed by atoms with Crippen LogP contribution in [-0.2, 0) is 4.79 Å². The zero-order valence-corrected chi connectivity index (χ0v) is 7.23. The second-order valence-corrected chi connectivity index (χ2v) is 2.81. The summed E-state index contributed by atoms with van der Waals surface area (Å²) in [4.78, 5) is 14.6. The highest BCUT2D eigenvalue weighted by molar-refractivity contribution is 6.09. The van der Waals surface area contributed by atoms with Gasteiger partial charge in [0.15, 0.2) is 0 Å². The van der Waals surface area contributed by atoms with Crippen molar-refractivity contribution in [3.05, 3.63) is 36.0 Å². The number of para-hydroxylation sites is 2. The number of carbonyl (C=O) groups is 1. The largest absolute Gasteiger partial charge is 0.545 e. The monoisotopic (exact) mass is 187 g/mol. The molecule has 2 rings (SSSR count). The number of benzene rings is 1. The van der Waals surface area contributed by atoms with E-state index in [0.717, 1.165) is 5.69 Å². The predicted octanol–water partition coefficient (Wildman–Crippen LogP) is 0.448. The molecular formula is C10H7N2O2-. The van der Waals surface area contributed by atoms with Crippen molar-refractivity contribution in [3.8, 4) is 0 Å². The van der Waals surface area contributed by atoms with Crippen molar-refractivity contribution in [1.82, 2.24) is 0 Å². The summed E-state index contributed by atoms with van der Waals surface area (Å²) in [7, 11) is 0. The number of carbonyl (C=O) groups excluding carboxylic acids is 1. The van der Waals surface area contributed by atoms with Crippen LogP contribution in [0.2, 0.25) is 0 Å². The molecule has 14 heavy (non-hydrogen) atoms. The first-order valence-corrected chi connectivity index (χ1v) is 4.08. The fourth-order valence-electron chi connectivity index (χ4n) is 1.15. The number of aliphatic imine (C=N–C) groups is 1. The van der Waals surface area contributed by atoms with Crippen molar-refractivity contribution in [1.29, 1.82) is 0 Å². The Morgan fingerprint density at radius 2 is 2.14 bits per heavy atom. The first-order valence-electron chi connectivity index (χ1n) is 4.08. The molecule has 0 radical (unpaired) electrons. The number of anilines is 1. The van der Waals surface area contributed by atoms with Crippen LogP contribution in [-0.4, -0.2) is 12.2 Å². The maximum atomic E-state index is 10.5. The zero-order chi connectivity index (χ0) is 9.97. The van der Waals surface area contributed by atoms with Gasteiger partial charge in [0.05, 0.1) is 17.3 Å². The highest BCUT2D eigenvalue weighted by Gasteiger charge is 2.03. The highest BCUT2D eigenvalue weighted by atomic mass is 16.4. The predicted molar refractivity (Wildman–Crippen MR) is 51.3 cm³/mol. The molecule has 0 saturated carbocycles. The van der Waals surface area contributed by atoms with Crippen molar-refractivity contribution < 1.29 is 9.90 Å². The zero-order valence-electron chi connectivity index (χ0n) is 7.23. The second-order valence-electron chi connectivity index (χ2n) is 2.81. The van der Waals surface area contributed by atoms with E-state index >= 15 is 0 Å². The molecule has 0 atom stereocenters. The van der Waals surface area contributed by atoms with Crippen LogP contribution in [0, 0.1) is 0 Å². The number of nitrogens with zero attached hydrogens (tertiary/aromatic N) is 1.